The molecule has 0 aliphatic carbocycles. The van der Waals surface area contributed by atoms with Crippen LogP contribution >= 0.6 is 0 Å². The molecule has 0 saturated heterocycles. The molecule has 0 unspecified atom stereocenters. The van der Waals surface area contributed by atoms with E-state index < -0.39 is 0 Å². The number of benzene rings is 1. The zero-order chi connectivity index (χ0) is 9.68. The second kappa shape index (κ2) is 4.45. The van der Waals surface area contributed by atoms with E-state index in [-0.39, 0.29) is 11.8 Å². The van der Waals surface area contributed by atoms with Crippen LogP contribution in [0.1, 0.15) is 5.56 Å². The number of nitrogens with two attached hydrogens (primary N) is 1. The smallest absolute Gasteiger partial charge is 0.281 e. The van der Waals surface area contributed by atoms with Crippen LogP contribution in [0.25, 0.3) is 0 Å². The van der Waals surface area contributed by atoms with Crippen LogP contribution in [0, 0.1) is 5.82 Å². The minimum atomic E-state index is -0.257. The molecule has 0 bridgehead atoms. The SMILES string of the molecule is COC(N)=NCc1ccc(F)cc1. The van der Waals surface area contributed by atoms with Crippen LogP contribution in [-0.4, -0.2) is 13.1 Å². The van der Waals surface area contributed by atoms with Crippen LogP contribution in [0.5, 0.6) is 0 Å². The fourth-order valence-electron chi connectivity index (χ4n) is 0.824. The van der Waals surface area contributed by atoms with Gasteiger partial charge in [0.05, 0.1) is 13.7 Å². The Labute approximate surface area is 76.0 Å². The fourth-order valence-corrected chi connectivity index (χ4v) is 0.824. The molecule has 0 amide bonds. The van der Waals surface area contributed by atoms with Crippen LogP contribution in [-0.2, 0) is 11.3 Å². The number of amidine groups is 1. The van der Waals surface area contributed by atoms with E-state index in [1.807, 2.05) is 0 Å². The van der Waals surface area contributed by atoms with Gasteiger partial charge in [-0.3, -0.25) is 0 Å². The summed E-state index contributed by atoms with van der Waals surface area (Å²) in [6.07, 6.45) is 0. The lowest BCUT2D eigenvalue weighted by atomic mass is 10.2. The highest BCUT2D eigenvalue weighted by molar-refractivity contribution is 5.71. The zero-order valence-electron chi connectivity index (χ0n) is 7.33. The largest absolute Gasteiger partial charge is 0.469 e. The maximum atomic E-state index is 12.5. The first-order chi connectivity index (χ1) is 6.22. The lowest BCUT2D eigenvalue weighted by Crippen LogP contribution is -2.13. The minimum Gasteiger partial charge on any atom is -0.469 e. The predicted molar refractivity (Wildman–Crippen MR) is 48.7 cm³/mol. The van der Waals surface area contributed by atoms with Crippen molar-refractivity contribution in [3.8, 4) is 0 Å². The van der Waals surface area contributed by atoms with Crippen molar-refractivity contribution < 1.29 is 9.13 Å². The summed E-state index contributed by atoms with van der Waals surface area (Å²) in [7, 11) is 1.45. The highest BCUT2D eigenvalue weighted by Crippen LogP contribution is 2.03. The Morgan fingerprint density at radius 2 is 2.08 bits per heavy atom. The van der Waals surface area contributed by atoms with Crippen LogP contribution in [0.15, 0.2) is 29.3 Å². The van der Waals surface area contributed by atoms with Gasteiger partial charge in [0.25, 0.3) is 6.02 Å². The molecule has 0 heterocycles. The Bertz CT molecular complexity index is 295. The molecule has 70 valence electrons. The molecule has 1 aromatic carbocycles. The second-order valence-electron chi connectivity index (χ2n) is 2.49. The minimum absolute atomic E-state index is 0.129. The molecule has 1 aromatic rings. The van der Waals surface area contributed by atoms with E-state index in [4.69, 9.17) is 5.73 Å². The highest BCUT2D eigenvalue weighted by atomic mass is 19.1. The van der Waals surface area contributed by atoms with Gasteiger partial charge in [-0.25, -0.2) is 9.38 Å². The lowest BCUT2D eigenvalue weighted by molar-refractivity contribution is 0.394. The summed E-state index contributed by atoms with van der Waals surface area (Å²) in [4.78, 5) is 3.89. The molecule has 0 atom stereocenters. The quantitative estimate of drug-likeness (QED) is 0.553. The Balaban J connectivity index is 2.60. The zero-order valence-corrected chi connectivity index (χ0v) is 7.33. The second-order valence-corrected chi connectivity index (χ2v) is 2.49. The first-order valence-corrected chi connectivity index (χ1v) is 3.80. The van der Waals surface area contributed by atoms with Gasteiger partial charge in [-0.15, -0.1) is 0 Å². The first kappa shape index (κ1) is 9.51. The summed E-state index contributed by atoms with van der Waals surface area (Å²) < 4.78 is 17.1. The number of methoxy groups -OCH3 is 1. The number of nitrogens with zero attached hydrogens (tertiary/aromatic N) is 1. The average molecular weight is 182 g/mol. The van der Waals surface area contributed by atoms with Gasteiger partial charge in [0.2, 0.25) is 0 Å². The van der Waals surface area contributed by atoms with Crippen molar-refractivity contribution in [3.05, 3.63) is 35.6 Å². The van der Waals surface area contributed by atoms with Crippen molar-refractivity contribution in [2.24, 2.45) is 10.7 Å². The van der Waals surface area contributed by atoms with Gasteiger partial charge >= 0.3 is 0 Å². The van der Waals surface area contributed by atoms with Crippen LogP contribution in [0.3, 0.4) is 0 Å². The van der Waals surface area contributed by atoms with E-state index in [1.54, 1.807) is 12.1 Å². The summed E-state index contributed by atoms with van der Waals surface area (Å²) in [5.41, 5.74) is 6.19. The van der Waals surface area contributed by atoms with Crippen molar-refractivity contribution in [2.75, 3.05) is 7.11 Å². The van der Waals surface area contributed by atoms with E-state index in [9.17, 15) is 4.39 Å². The standard InChI is InChI=1S/C9H11FN2O/c1-13-9(11)12-6-7-2-4-8(10)5-3-7/h2-5H,6H2,1H3,(H2,11,12). The molecule has 0 radical (unpaired) electrons. The summed E-state index contributed by atoms with van der Waals surface area (Å²) in [5, 5.41) is 0. The van der Waals surface area contributed by atoms with Crippen molar-refractivity contribution >= 4 is 6.02 Å². The molecule has 0 aliphatic heterocycles. The number of hydrogen-bond acceptors (Lipinski definition) is 2. The molecule has 1 rings (SSSR count). The lowest BCUT2D eigenvalue weighted by Gasteiger charge is -1.98. The predicted octanol–water partition coefficient (Wildman–Crippen LogP) is 1.29. The van der Waals surface area contributed by atoms with Crippen molar-refractivity contribution in [3.63, 3.8) is 0 Å². The third-order valence-corrected chi connectivity index (χ3v) is 1.54. The first-order valence-electron chi connectivity index (χ1n) is 3.80. The van der Waals surface area contributed by atoms with Crippen LogP contribution in [0.4, 0.5) is 4.39 Å². The Morgan fingerprint density at radius 3 is 2.62 bits per heavy atom. The average Bonchev–Trinajstić information content (AvgIpc) is 2.16. The maximum Gasteiger partial charge on any atom is 0.281 e. The van der Waals surface area contributed by atoms with E-state index >= 15 is 0 Å². The topological polar surface area (TPSA) is 47.6 Å². The number of aliphatic imine (C=N–C) groups is 1. The normalized spacial score (nSPS) is 11.4. The van der Waals surface area contributed by atoms with Gasteiger partial charge in [-0.1, -0.05) is 12.1 Å². The van der Waals surface area contributed by atoms with Gasteiger partial charge < -0.3 is 10.5 Å². The van der Waals surface area contributed by atoms with E-state index in [1.165, 1.54) is 19.2 Å². The molecule has 0 fully saturated rings. The summed E-state index contributed by atoms with van der Waals surface area (Å²) in [5.74, 6) is -0.257. The summed E-state index contributed by atoms with van der Waals surface area (Å²) in [6, 6.07) is 6.20. The van der Waals surface area contributed by atoms with Gasteiger partial charge in [-0.05, 0) is 17.7 Å². The Hall–Kier alpha value is -1.58. The van der Waals surface area contributed by atoms with Crippen LogP contribution in [0.2, 0.25) is 0 Å². The third kappa shape index (κ3) is 3.11. The Morgan fingerprint density at radius 1 is 1.46 bits per heavy atom. The summed E-state index contributed by atoms with van der Waals surface area (Å²) >= 11 is 0. The fraction of sp³-hybridized carbons (Fsp3) is 0.222. The maximum absolute atomic E-state index is 12.5. The molecule has 0 aliphatic rings. The molecular formula is C9H11FN2O. The third-order valence-electron chi connectivity index (χ3n) is 1.54. The van der Waals surface area contributed by atoms with Gasteiger partial charge in [0, 0.05) is 0 Å². The summed E-state index contributed by atoms with van der Waals surface area (Å²) in [6.45, 7) is 0.403. The van der Waals surface area contributed by atoms with Crippen molar-refractivity contribution in [1.29, 1.82) is 0 Å². The van der Waals surface area contributed by atoms with Crippen molar-refractivity contribution in [2.45, 2.75) is 6.54 Å². The van der Waals surface area contributed by atoms with Gasteiger partial charge in [0.1, 0.15) is 5.82 Å². The molecule has 0 spiro atoms. The van der Waals surface area contributed by atoms with E-state index in [0.717, 1.165) is 5.56 Å². The monoisotopic (exact) mass is 182 g/mol. The number of halogens is 1. The van der Waals surface area contributed by atoms with Crippen LogP contribution < -0.4 is 5.73 Å². The molecule has 3 nitrogen and oxygen atoms in total. The number of rotatable bonds is 2. The molecule has 2 N–H and O–H groups in total. The number of ether oxygens (including phenoxy) is 1. The van der Waals surface area contributed by atoms with E-state index in [2.05, 4.69) is 9.73 Å². The molecule has 0 saturated carbocycles. The van der Waals surface area contributed by atoms with Crippen molar-refractivity contribution in [1.82, 2.24) is 0 Å². The Kier molecular flexibility index (Phi) is 3.25. The molecule has 13 heavy (non-hydrogen) atoms. The molecular weight excluding hydrogens is 171 g/mol. The van der Waals surface area contributed by atoms with Gasteiger partial charge in [-0.2, -0.15) is 0 Å². The van der Waals surface area contributed by atoms with Gasteiger partial charge in [0.15, 0.2) is 0 Å². The highest BCUT2D eigenvalue weighted by Gasteiger charge is 1.93. The number of hydrogen-bond donors (Lipinski definition) is 1. The molecule has 0 aromatic heterocycles. The van der Waals surface area contributed by atoms with E-state index in [0.29, 0.717) is 6.54 Å². The molecule has 4 heteroatoms.